The summed E-state index contributed by atoms with van der Waals surface area (Å²) in [6.07, 6.45) is 7.31. The van der Waals surface area contributed by atoms with Crippen LogP contribution in [0.1, 0.15) is 30.3 Å². The summed E-state index contributed by atoms with van der Waals surface area (Å²) < 4.78 is 5.25. The zero-order valence-electron chi connectivity index (χ0n) is 8.81. The minimum absolute atomic E-state index is 0.231. The average Bonchev–Trinajstić information content (AvgIpc) is 2.30. The molecule has 4 nitrogen and oxygen atoms in total. The SMILES string of the molecule is Cc1cnc(C(N)C2=COCCC2)nc1. The second-order valence-electron chi connectivity index (χ2n) is 3.76. The smallest absolute Gasteiger partial charge is 0.149 e. The Morgan fingerprint density at radius 3 is 2.73 bits per heavy atom. The van der Waals surface area contributed by atoms with E-state index < -0.39 is 0 Å². The molecule has 0 bridgehead atoms. The van der Waals surface area contributed by atoms with E-state index in [1.165, 1.54) is 0 Å². The van der Waals surface area contributed by atoms with Crippen LogP contribution >= 0.6 is 0 Å². The molecule has 0 radical (unpaired) electrons. The van der Waals surface area contributed by atoms with Gasteiger partial charge in [0.2, 0.25) is 0 Å². The maximum absolute atomic E-state index is 6.05. The van der Waals surface area contributed by atoms with E-state index in [1.807, 2.05) is 6.92 Å². The maximum atomic E-state index is 6.05. The lowest BCUT2D eigenvalue weighted by molar-refractivity contribution is 0.221. The minimum Gasteiger partial charge on any atom is -0.501 e. The van der Waals surface area contributed by atoms with Crippen LogP contribution in [0, 0.1) is 6.92 Å². The maximum Gasteiger partial charge on any atom is 0.149 e. The average molecular weight is 205 g/mol. The number of hydrogen-bond acceptors (Lipinski definition) is 4. The van der Waals surface area contributed by atoms with Gasteiger partial charge in [0.1, 0.15) is 5.82 Å². The Hall–Kier alpha value is -1.42. The molecule has 0 saturated heterocycles. The van der Waals surface area contributed by atoms with E-state index in [2.05, 4.69) is 9.97 Å². The molecule has 15 heavy (non-hydrogen) atoms. The molecular weight excluding hydrogens is 190 g/mol. The molecule has 0 aliphatic carbocycles. The topological polar surface area (TPSA) is 61.0 Å². The van der Waals surface area contributed by atoms with Crippen molar-refractivity contribution in [2.24, 2.45) is 5.73 Å². The lowest BCUT2D eigenvalue weighted by Crippen LogP contribution is -2.18. The number of aryl methyl sites for hydroxylation is 1. The number of aromatic nitrogens is 2. The first-order chi connectivity index (χ1) is 7.27. The Kier molecular flexibility index (Phi) is 2.97. The summed E-state index contributed by atoms with van der Waals surface area (Å²) in [4.78, 5) is 8.44. The highest BCUT2D eigenvalue weighted by molar-refractivity contribution is 5.17. The van der Waals surface area contributed by atoms with Crippen molar-refractivity contribution >= 4 is 0 Å². The molecule has 2 rings (SSSR count). The fraction of sp³-hybridized carbons (Fsp3) is 0.455. The molecule has 2 N–H and O–H groups in total. The standard InChI is InChI=1S/C11H15N3O/c1-8-5-13-11(14-6-8)10(12)9-3-2-4-15-7-9/h5-7,10H,2-4,12H2,1H3. The predicted molar refractivity (Wildman–Crippen MR) is 57.0 cm³/mol. The molecule has 4 heteroatoms. The van der Waals surface area contributed by atoms with Crippen molar-refractivity contribution in [3.05, 3.63) is 35.6 Å². The largest absolute Gasteiger partial charge is 0.501 e. The molecule has 0 amide bonds. The first-order valence-electron chi connectivity index (χ1n) is 5.12. The van der Waals surface area contributed by atoms with Gasteiger partial charge >= 0.3 is 0 Å². The summed E-state index contributed by atoms with van der Waals surface area (Å²) in [5.41, 5.74) is 8.16. The lowest BCUT2D eigenvalue weighted by Gasteiger charge is -2.18. The van der Waals surface area contributed by atoms with Crippen LogP contribution in [0.5, 0.6) is 0 Å². The molecule has 0 saturated carbocycles. The van der Waals surface area contributed by atoms with E-state index >= 15 is 0 Å². The quantitative estimate of drug-likeness (QED) is 0.794. The molecular formula is C11H15N3O. The number of nitrogens with two attached hydrogens (primary N) is 1. The number of rotatable bonds is 2. The van der Waals surface area contributed by atoms with Gasteiger partial charge in [-0.2, -0.15) is 0 Å². The molecule has 0 fully saturated rings. The molecule has 1 aromatic rings. The highest BCUT2D eigenvalue weighted by Crippen LogP contribution is 2.22. The fourth-order valence-electron chi connectivity index (χ4n) is 1.54. The van der Waals surface area contributed by atoms with Crippen LogP contribution < -0.4 is 5.73 Å². The number of nitrogens with zero attached hydrogens (tertiary/aromatic N) is 2. The van der Waals surface area contributed by atoms with E-state index in [9.17, 15) is 0 Å². The van der Waals surface area contributed by atoms with Crippen LogP contribution in [0.2, 0.25) is 0 Å². The minimum atomic E-state index is -0.231. The summed E-state index contributed by atoms with van der Waals surface area (Å²) in [5.74, 6) is 0.664. The van der Waals surface area contributed by atoms with E-state index in [4.69, 9.17) is 10.5 Å². The number of hydrogen-bond donors (Lipinski definition) is 1. The van der Waals surface area contributed by atoms with Crippen LogP contribution in [0.3, 0.4) is 0 Å². The van der Waals surface area contributed by atoms with E-state index in [-0.39, 0.29) is 6.04 Å². The monoisotopic (exact) mass is 205 g/mol. The van der Waals surface area contributed by atoms with Gasteiger partial charge < -0.3 is 10.5 Å². The lowest BCUT2D eigenvalue weighted by atomic mass is 10.0. The van der Waals surface area contributed by atoms with Crippen molar-refractivity contribution in [3.8, 4) is 0 Å². The van der Waals surface area contributed by atoms with Crippen LogP contribution in [-0.2, 0) is 4.74 Å². The Balaban J connectivity index is 2.16. The van der Waals surface area contributed by atoms with Gasteiger partial charge in [-0.25, -0.2) is 9.97 Å². The molecule has 2 heterocycles. The van der Waals surface area contributed by atoms with Crippen molar-refractivity contribution in [2.75, 3.05) is 6.61 Å². The molecule has 1 atom stereocenters. The first-order valence-corrected chi connectivity index (χ1v) is 5.12. The van der Waals surface area contributed by atoms with Gasteiger partial charge in [0.25, 0.3) is 0 Å². The third-order valence-electron chi connectivity index (χ3n) is 2.44. The second-order valence-corrected chi connectivity index (χ2v) is 3.76. The zero-order valence-corrected chi connectivity index (χ0v) is 8.81. The van der Waals surface area contributed by atoms with Crippen molar-refractivity contribution in [2.45, 2.75) is 25.8 Å². The predicted octanol–water partition coefficient (Wildman–Crippen LogP) is 1.48. The zero-order chi connectivity index (χ0) is 10.7. The molecule has 0 spiro atoms. The highest BCUT2D eigenvalue weighted by Gasteiger charge is 2.16. The third-order valence-corrected chi connectivity index (χ3v) is 2.44. The molecule has 0 aromatic carbocycles. The first kappa shape index (κ1) is 10.1. The molecule has 1 aromatic heterocycles. The van der Waals surface area contributed by atoms with Crippen LogP contribution in [0.25, 0.3) is 0 Å². The normalized spacial score (nSPS) is 17.9. The summed E-state index contributed by atoms with van der Waals surface area (Å²) in [5, 5.41) is 0. The van der Waals surface area contributed by atoms with E-state index in [0.29, 0.717) is 5.82 Å². The highest BCUT2D eigenvalue weighted by atomic mass is 16.5. The van der Waals surface area contributed by atoms with Crippen molar-refractivity contribution in [3.63, 3.8) is 0 Å². The second kappa shape index (κ2) is 4.40. The van der Waals surface area contributed by atoms with Gasteiger partial charge in [-0.05, 0) is 30.9 Å². The molecule has 80 valence electrons. The van der Waals surface area contributed by atoms with E-state index in [1.54, 1.807) is 18.7 Å². The number of ether oxygens (including phenoxy) is 1. The van der Waals surface area contributed by atoms with Gasteiger partial charge in [0.05, 0.1) is 18.9 Å². The van der Waals surface area contributed by atoms with Gasteiger partial charge in [-0.3, -0.25) is 0 Å². The summed E-state index contributed by atoms with van der Waals surface area (Å²) in [7, 11) is 0. The molecule has 1 aliphatic rings. The summed E-state index contributed by atoms with van der Waals surface area (Å²) >= 11 is 0. The van der Waals surface area contributed by atoms with E-state index in [0.717, 1.165) is 30.6 Å². The molecule has 1 unspecified atom stereocenters. The van der Waals surface area contributed by atoms with Gasteiger partial charge in [0.15, 0.2) is 0 Å². The van der Waals surface area contributed by atoms with Gasteiger partial charge in [-0.1, -0.05) is 0 Å². The Labute approximate surface area is 89.2 Å². The summed E-state index contributed by atoms with van der Waals surface area (Å²) in [6, 6.07) is -0.231. The summed E-state index contributed by atoms with van der Waals surface area (Å²) in [6.45, 7) is 2.74. The van der Waals surface area contributed by atoms with Crippen LogP contribution in [-0.4, -0.2) is 16.6 Å². The van der Waals surface area contributed by atoms with Gasteiger partial charge in [-0.15, -0.1) is 0 Å². The van der Waals surface area contributed by atoms with Crippen molar-refractivity contribution in [1.82, 2.24) is 9.97 Å². The van der Waals surface area contributed by atoms with Gasteiger partial charge in [0, 0.05) is 12.4 Å². The van der Waals surface area contributed by atoms with Crippen LogP contribution in [0.15, 0.2) is 24.2 Å². The molecule has 1 aliphatic heterocycles. The Morgan fingerprint density at radius 1 is 1.40 bits per heavy atom. The Morgan fingerprint density at radius 2 is 2.13 bits per heavy atom. The Bertz CT molecular complexity index is 359. The van der Waals surface area contributed by atoms with Crippen molar-refractivity contribution < 1.29 is 4.74 Å². The fourth-order valence-corrected chi connectivity index (χ4v) is 1.54. The van der Waals surface area contributed by atoms with Crippen molar-refractivity contribution in [1.29, 1.82) is 0 Å². The third kappa shape index (κ3) is 2.33. The van der Waals surface area contributed by atoms with Crippen LogP contribution in [0.4, 0.5) is 0 Å².